The number of benzene rings is 3. The molecule has 1 unspecified atom stereocenters. The minimum atomic E-state index is -4.75. The number of rotatable bonds is 11. The average Bonchev–Trinajstić information content (AvgIpc) is 2.93. The van der Waals surface area contributed by atoms with Crippen molar-refractivity contribution >= 4 is 15.9 Å². The van der Waals surface area contributed by atoms with Gasteiger partial charge in [-0.25, -0.2) is 17.5 Å². The fraction of sp³-hybridized carbons (Fsp3) is 0.367. The molecule has 0 aromatic heterocycles. The molecule has 0 fully saturated rings. The summed E-state index contributed by atoms with van der Waals surface area (Å²) in [4.78, 5) is 12.6. The zero-order valence-corrected chi connectivity index (χ0v) is 23.4. The highest BCUT2D eigenvalue weighted by Crippen LogP contribution is 2.33. The summed E-state index contributed by atoms with van der Waals surface area (Å²) in [6.07, 6.45) is -1.76. The van der Waals surface area contributed by atoms with Crippen LogP contribution in [-0.4, -0.2) is 20.9 Å². The third-order valence-electron chi connectivity index (χ3n) is 7.05. The van der Waals surface area contributed by atoms with Crippen LogP contribution in [0.4, 0.5) is 17.6 Å². The van der Waals surface area contributed by atoms with Gasteiger partial charge in [0.2, 0.25) is 15.9 Å². The monoisotopic (exact) mass is 591 g/mol. The van der Waals surface area contributed by atoms with E-state index in [4.69, 9.17) is 0 Å². The predicted molar refractivity (Wildman–Crippen MR) is 148 cm³/mol. The molecule has 220 valence electrons. The van der Waals surface area contributed by atoms with Crippen molar-refractivity contribution in [1.29, 1.82) is 0 Å². The number of hydrogen-bond acceptors (Lipinski definition) is 4. The van der Waals surface area contributed by atoms with Gasteiger partial charge in [-0.3, -0.25) is 4.79 Å². The van der Waals surface area contributed by atoms with Gasteiger partial charge < -0.3 is 10.6 Å². The number of carbonyl (C=O) groups is 1. The number of hydrogen-bond donors (Lipinski definition) is 3. The predicted octanol–water partition coefficient (Wildman–Crippen LogP) is 5.95. The molecule has 6 nitrogen and oxygen atoms in total. The molecule has 1 amide bonds. The Labute approximate surface area is 237 Å². The van der Waals surface area contributed by atoms with E-state index in [1.807, 2.05) is 12.1 Å². The third kappa shape index (κ3) is 7.93. The van der Waals surface area contributed by atoms with E-state index < -0.39 is 50.8 Å². The summed E-state index contributed by atoms with van der Waals surface area (Å²) in [5, 5.41) is 6.33. The van der Waals surface area contributed by atoms with Crippen LogP contribution < -0.4 is 15.4 Å². The van der Waals surface area contributed by atoms with Crippen LogP contribution in [0.1, 0.15) is 72.5 Å². The van der Waals surface area contributed by atoms with Crippen molar-refractivity contribution in [1.82, 2.24) is 15.4 Å². The van der Waals surface area contributed by atoms with Crippen LogP contribution in [-0.2, 0) is 34.0 Å². The minimum absolute atomic E-state index is 0.0912. The Balaban J connectivity index is 1.54. The first kappa shape index (κ1) is 30.7. The molecule has 11 heteroatoms. The standard InChI is InChI=1S/C30H33F4N3O3S/c1-2-15-35-19-20-13-14-24-21(16-20)7-5-12-27(24)36-29(38)18-28(25-10-3-4-11-26(25)31)37-41(39,40)23-9-6-8-22(17-23)30(32,33)34/h3-4,6,8-11,13-14,16-17,27-28,35,37H,2,5,7,12,15,18-19H2,1H3,(H,36,38)/t27-,28?/m1/s1. The number of fused-ring (bicyclic) bond motifs is 1. The van der Waals surface area contributed by atoms with Crippen LogP contribution in [0.15, 0.2) is 71.6 Å². The van der Waals surface area contributed by atoms with Gasteiger partial charge in [0.15, 0.2) is 0 Å². The lowest BCUT2D eigenvalue weighted by Crippen LogP contribution is -2.36. The molecule has 0 heterocycles. The fourth-order valence-electron chi connectivity index (χ4n) is 5.04. The zero-order valence-electron chi connectivity index (χ0n) is 22.6. The molecule has 0 aliphatic heterocycles. The molecule has 1 aliphatic rings. The largest absolute Gasteiger partial charge is 0.416 e. The molecule has 3 aromatic carbocycles. The Bertz CT molecular complexity index is 1480. The molecule has 0 radical (unpaired) electrons. The molecule has 0 saturated carbocycles. The molecule has 3 N–H and O–H groups in total. The molecule has 2 atom stereocenters. The summed E-state index contributed by atoms with van der Waals surface area (Å²) in [7, 11) is -4.55. The van der Waals surface area contributed by atoms with Crippen molar-refractivity contribution in [3.8, 4) is 0 Å². The Hall–Kier alpha value is -3.28. The van der Waals surface area contributed by atoms with Crippen LogP contribution in [0.2, 0.25) is 0 Å². The smallest absolute Gasteiger partial charge is 0.349 e. The average molecular weight is 592 g/mol. The molecule has 41 heavy (non-hydrogen) atoms. The van der Waals surface area contributed by atoms with Gasteiger partial charge in [-0.15, -0.1) is 0 Å². The van der Waals surface area contributed by atoms with Crippen LogP contribution in [0, 0.1) is 5.82 Å². The number of nitrogens with one attached hydrogen (secondary N) is 3. The second-order valence-electron chi connectivity index (χ2n) is 10.1. The molecule has 0 saturated heterocycles. The van der Waals surface area contributed by atoms with Crippen molar-refractivity contribution in [3.05, 3.63) is 100 Å². The van der Waals surface area contributed by atoms with Gasteiger partial charge >= 0.3 is 6.18 Å². The fourth-order valence-corrected chi connectivity index (χ4v) is 6.30. The van der Waals surface area contributed by atoms with Crippen molar-refractivity contribution in [3.63, 3.8) is 0 Å². The molecular weight excluding hydrogens is 558 g/mol. The quantitative estimate of drug-likeness (QED) is 0.190. The van der Waals surface area contributed by atoms with Gasteiger partial charge in [-0.1, -0.05) is 49.4 Å². The normalized spacial score (nSPS) is 16.2. The summed E-state index contributed by atoms with van der Waals surface area (Å²) in [6.45, 7) is 3.76. The first-order valence-corrected chi connectivity index (χ1v) is 15.0. The maximum Gasteiger partial charge on any atom is 0.416 e. The highest BCUT2D eigenvalue weighted by atomic mass is 32.2. The molecule has 0 bridgehead atoms. The van der Waals surface area contributed by atoms with Gasteiger partial charge in [0, 0.05) is 18.5 Å². The number of halogens is 4. The van der Waals surface area contributed by atoms with Crippen molar-refractivity contribution in [2.24, 2.45) is 0 Å². The van der Waals surface area contributed by atoms with Crippen molar-refractivity contribution in [2.45, 2.75) is 68.7 Å². The van der Waals surface area contributed by atoms with Gasteiger partial charge in [-0.05, 0) is 73.2 Å². The van der Waals surface area contributed by atoms with Crippen molar-refractivity contribution in [2.75, 3.05) is 6.54 Å². The maximum atomic E-state index is 14.8. The van der Waals surface area contributed by atoms with Crippen LogP contribution in [0.3, 0.4) is 0 Å². The first-order chi connectivity index (χ1) is 19.5. The summed E-state index contributed by atoms with van der Waals surface area (Å²) in [5.41, 5.74) is 2.03. The van der Waals surface area contributed by atoms with Gasteiger partial charge in [0.25, 0.3) is 0 Å². The highest BCUT2D eigenvalue weighted by Gasteiger charge is 2.33. The van der Waals surface area contributed by atoms with Gasteiger partial charge in [0.1, 0.15) is 5.82 Å². The molecule has 3 aromatic rings. The SMILES string of the molecule is CCCNCc1ccc2c(c1)CCC[C@H]2NC(=O)CC(NS(=O)(=O)c1cccc(C(F)(F)F)c1)c1ccccc1F. The number of amides is 1. The maximum absolute atomic E-state index is 14.8. The summed E-state index contributed by atoms with van der Waals surface area (Å²) < 4.78 is 82.9. The summed E-state index contributed by atoms with van der Waals surface area (Å²) in [5.74, 6) is -1.26. The highest BCUT2D eigenvalue weighted by molar-refractivity contribution is 7.89. The van der Waals surface area contributed by atoms with E-state index in [0.717, 1.165) is 73.3 Å². The lowest BCUT2D eigenvalue weighted by molar-refractivity contribution is -0.137. The lowest BCUT2D eigenvalue weighted by atomic mass is 9.86. The van der Waals surface area contributed by atoms with Gasteiger partial charge in [-0.2, -0.15) is 13.2 Å². The van der Waals surface area contributed by atoms with E-state index in [-0.39, 0.29) is 11.6 Å². The number of carbonyl (C=O) groups excluding carboxylic acids is 1. The second kappa shape index (κ2) is 13.1. The minimum Gasteiger partial charge on any atom is -0.349 e. The van der Waals surface area contributed by atoms with Crippen LogP contribution >= 0.6 is 0 Å². The Morgan fingerprint density at radius 3 is 2.56 bits per heavy atom. The second-order valence-corrected chi connectivity index (χ2v) is 11.9. The van der Waals surface area contributed by atoms with Crippen LogP contribution in [0.25, 0.3) is 0 Å². The number of alkyl halides is 3. The summed E-state index contributed by atoms with van der Waals surface area (Å²) >= 11 is 0. The van der Waals surface area contributed by atoms with E-state index in [1.54, 1.807) is 0 Å². The van der Waals surface area contributed by atoms with E-state index >= 15 is 0 Å². The van der Waals surface area contributed by atoms with Crippen molar-refractivity contribution < 1.29 is 30.8 Å². The van der Waals surface area contributed by atoms with E-state index in [9.17, 15) is 30.8 Å². The molecule has 0 spiro atoms. The summed E-state index contributed by atoms with van der Waals surface area (Å²) in [6, 6.07) is 13.1. The van der Waals surface area contributed by atoms with Crippen LogP contribution in [0.5, 0.6) is 0 Å². The van der Waals surface area contributed by atoms with E-state index in [0.29, 0.717) is 12.5 Å². The number of aryl methyl sites for hydroxylation is 1. The molecule has 1 aliphatic carbocycles. The number of sulfonamides is 1. The van der Waals surface area contributed by atoms with E-state index in [2.05, 4.69) is 28.3 Å². The van der Waals surface area contributed by atoms with Gasteiger partial charge in [0.05, 0.1) is 22.5 Å². The topological polar surface area (TPSA) is 87.3 Å². The first-order valence-electron chi connectivity index (χ1n) is 13.5. The Morgan fingerprint density at radius 2 is 1.83 bits per heavy atom. The lowest BCUT2D eigenvalue weighted by Gasteiger charge is -2.28. The Kier molecular flexibility index (Phi) is 9.83. The Morgan fingerprint density at radius 1 is 1.05 bits per heavy atom. The third-order valence-corrected chi connectivity index (χ3v) is 8.52. The molecule has 4 rings (SSSR count). The molecular formula is C30H33F4N3O3S. The zero-order chi connectivity index (χ0) is 29.6. The van der Waals surface area contributed by atoms with E-state index in [1.165, 1.54) is 18.2 Å².